The second kappa shape index (κ2) is 7.58. The Balaban J connectivity index is 1.98. The summed E-state index contributed by atoms with van der Waals surface area (Å²) in [6.45, 7) is 18.0. The third-order valence-electron chi connectivity index (χ3n) is 5.69. The van der Waals surface area contributed by atoms with Gasteiger partial charge in [-0.3, -0.25) is 4.99 Å². The maximum absolute atomic E-state index is 4.74. The summed E-state index contributed by atoms with van der Waals surface area (Å²) in [5.41, 5.74) is 8.80. The van der Waals surface area contributed by atoms with E-state index in [1.54, 1.807) is 0 Å². The highest BCUT2D eigenvalue weighted by Crippen LogP contribution is 2.41. The molecule has 1 heterocycles. The second-order valence-corrected chi connectivity index (χ2v) is 9.18. The van der Waals surface area contributed by atoms with Gasteiger partial charge in [-0.15, -0.1) is 0 Å². The molecule has 0 atom stereocenters. The number of rotatable bonds is 4. The van der Waals surface area contributed by atoms with Gasteiger partial charge in [0, 0.05) is 23.5 Å². The molecule has 0 saturated carbocycles. The molecule has 2 aromatic rings. The van der Waals surface area contributed by atoms with E-state index < -0.39 is 0 Å². The lowest BCUT2D eigenvalue weighted by Gasteiger charge is -2.46. The van der Waals surface area contributed by atoms with Crippen LogP contribution in [0.2, 0.25) is 0 Å². The summed E-state index contributed by atoms with van der Waals surface area (Å²) in [4.78, 5) is 7.26. The Morgan fingerprint density at radius 1 is 0.964 bits per heavy atom. The van der Waals surface area contributed by atoms with E-state index >= 15 is 0 Å². The van der Waals surface area contributed by atoms with Crippen LogP contribution >= 0.6 is 0 Å². The lowest BCUT2D eigenvalue weighted by atomic mass is 9.86. The van der Waals surface area contributed by atoms with Crippen molar-refractivity contribution >= 4 is 23.2 Å². The molecule has 0 amide bonds. The van der Waals surface area contributed by atoms with Gasteiger partial charge < -0.3 is 4.90 Å². The molecule has 3 rings (SSSR count). The van der Waals surface area contributed by atoms with Crippen LogP contribution in [0.4, 0.5) is 11.4 Å². The predicted octanol–water partition coefficient (Wildman–Crippen LogP) is 7.28. The standard InChI is InChI=1S/C26H34N2/c1-17(2)21-9-11-23(12-10-21)27-16-22-14-24-20(6)15-26(7,8)28(18(3)4)25(24)13-19(22)5/h9-18H,1-8H3. The molecule has 0 aromatic heterocycles. The van der Waals surface area contributed by atoms with Gasteiger partial charge in [0.2, 0.25) is 0 Å². The zero-order valence-electron chi connectivity index (χ0n) is 18.7. The summed E-state index contributed by atoms with van der Waals surface area (Å²) >= 11 is 0. The quantitative estimate of drug-likeness (QED) is 0.513. The number of hydrogen-bond donors (Lipinski definition) is 0. The van der Waals surface area contributed by atoms with E-state index in [4.69, 9.17) is 4.99 Å². The van der Waals surface area contributed by atoms with Crippen LogP contribution in [0.15, 0.2) is 47.5 Å². The van der Waals surface area contributed by atoms with Crippen molar-refractivity contribution in [3.8, 4) is 0 Å². The number of nitrogens with zero attached hydrogens (tertiary/aromatic N) is 2. The van der Waals surface area contributed by atoms with Crippen LogP contribution in [-0.4, -0.2) is 17.8 Å². The molecule has 0 fully saturated rings. The van der Waals surface area contributed by atoms with E-state index in [1.807, 2.05) is 6.21 Å². The number of benzene rings is 2. The lowest BCUT2D eigenvalue weighted by Crippen LogP contribution is -2.49. The molecule has 0 N–H and O–H groups in total. The Bertz CT molecular complexity index is 912. The maximum atomic E-state index is 4.74. The monoisotopic (exact) mass is 374 g/mol. The Kier molecular flexibility index (Phi) is 5.52. The van der Waals surface area contributed by atoms with Crippen LogP contribution in [0.25, 0.3) is 5.57 Å². The van der Waals surface area contributed by atoms with Gasteiger partial charge in [0.1, 0.15) is 0 Å². The summed E-state index contributed by atoms with van der Waals surface area (Å²) in [7, 11) is 0. The van der Waals surface area contributed by atoms with E-state index in [0.717, 1.165) is 5.69 Å². The maximum Gasteiger partial charge on any atom is 0.0630 e. The largest absolute Gasteiger partial charge is 0.360 e. The Labute approximate surface area is 171 Å². The molecular weight excluding hydrogens is 340 g/mol. The SMILES string of the molecule is CC1=CC(C)(C)N(C(C)C)c2cc(C)c(C=Nc3ccc(C(C)C)cc3)cc21. The minimum Gasteiger partial charge on any atom is -0.360 e. The average Bonchev–Trinajstić information content (AvgIpc) is 2.59. The third kappa shape index (κ3) is 3.92. The summed E-state index contributed by atoms with van der Waals surface area (Å²) < 4.78 is 0. The first-order valence-electron chi connectivity index (χ1n) is 10.4. The second-order valence-electron chi connectivity index (χ2n) is 9.18. The van der Waals surface area contributed by atoms with Gasteiger partial charge in [-0.2, -0.15) is 0 Å². The molecule has 28 heavy (non-hydrogen) atoms. The predicted molar refractivity (Wildman–Crippen MR) is 124 cm³/mol. The number of aliphatic imine (C=N–C) groups is 1. The minimum atomic E-state index is 0.0193. The molecule has 1 aliphatic rings. The number of fused-ring (bicyclic) bond motifs is 1. The molecule has 0 aliphatic carbocycles. The molecule has 2 heteroatoms. The van der Waals surface area contributed by atoms with E-state index in [9.17, 15) is 0 Å². The molecule has 148 valence electrons. The van der Waals surface area contributed by atoms with Crippen molar-refractivity contribution in [2.75, 3.05) is 4.90 Å². The molecule has 0 radical (unpaired) electrons. The van der Waals surface area contributed by atoms with E-state index in [0.29, 0.717) is 12.0 Å². The van der Waals surface area contributed by atoms with Crippen molar-refractivity contribution in [2.45, 2.75) is 72.9 Å². The van der Waals surface area contributed by atoms with Crippen LogP contribution in [0.3, 0.4) is 0 Å². The molecule has 1 aliphatic heterocycles. The third-order valence-corrected chi connectivity index (χ3v) is 5.69. The average molecular weight is 375 g/mol. The first-order chi connectivity index (χ1) is 13.1. The molecule has 0 bridgehead atoms. The van der Waals surface area contributed by atoms with Crippen molar-refractivity contribution in [3.05, 3.63) is 64.7 Å². The van der Waals surface area contributed by atoms with Crippen LogP contribution in [-0.2, 0) is 0 Å². The first-order valence-corrected chi connectivity index (χ1v) is 10.4. The Hall–Kier alpha value is -2.35. The van der Waals surface area contributed by atoms with Gasteiger partial charge in [-0.1, -0.05) is 32.1 Å². The fraction of sp³-hybridized carbons (Fsp3) is 0.423. The van der Waals surface area contributed by atoms with Crippen molar-refractivity contribution < 1.29 is 0 Å². The fourth-order valence-electron chi connectivity index (χ4n) is 4.38. The van der Waals surface area contributed by atoms with Crippen LogP contribution < -0.4 is 4.90 Å². The van der Waals surface area contributed by atoms with Crippen molar-refractivity contribution in [1.29, 1.82) is 0 Å². The smallest absolute Gasteiger partial charge is 0.0630 e. The lowest BCUT2D eigenvalue weighted by molar-refractivity contribution is 0.507. The molecule has 0 unspecified atom stereocenters. The van der Waals surface area contributed by atoms with Crippen molar-refractivity contribution in [2.24, 2.45) is 4.99 Å². The number of allylic oxidation sites excluding steroid dienone is 1. The van der Waals surface area contributed by atoms with Crippen LogP contribution in [0, 0.1) is 6.92 Å². The molecule has 0 saturated heterocycles. The van der Waals surface area contributed by atoms with Crippen LogP contribution in [0.1, 0.15) is 76.6 Å². The summed E-state index contributed by atoms with van der Waals surface area (Å²) in [6, 6.07) is 13.6. The van der Waals surface area contributed by atoms with Crippen molar-refractivity contribution in [1.82, 2.24) is 0 Å². The van der Waals surface area contributed by atoms with Crippen molar-refractivity contribution in [3.63, 3.8) is 0 Å². The fourth-order valence-corrected chi connectivity index (χ4v) is 4.38. The van der Waals surface area contributed by atoms with E-state index in [-0.39, 0.29) is 5.54 Å². The van der Waals surface area contributed by atoms with E-state index in [1.165, 1.54) is 33.5 Å². The normalized spacial score (nSPS) is 16.1. The zero-order valence-corrected chi connectivity index (χ0v) is 18.7. The van der Waals surface area contributed by atoms with Gasteiger partial charge in [0.25, 0.3) is 0 Å². The van der Waals surface area contributed by atoms with Gasteiger partial charge in [0.05, 0.1) is 11.2 Å². The van der Waals surface area contributed by atoms with Gasteiger partial charge in [-0.05, 0) is 94.0 Å². The van der Waals surface area contributed by atoms with Gasteiger partial charge in [0.15, 0.2) is 0 Å². The topological polar surface area (TPSA) is 15.6 Å². The number of anilines is 1. The first kappa shape index (κ1) is 20.4. The highest BCUT2D eigenvalue weighted by molar-refractivity contribution is 5.90. The highest BCUT2D eigenvalue weighted by Gasteiger charge is 2.33. The van der Waals surface area contributed by atoms with Gasteiger partial charge in [-0.25, -0.2) is 0 Å². The Morgan fingerprint density at radius 2 is 1.61 bits per heavy atom. The molecular formula is C26H34N2. The summed E-state index contributed by atoms with van der Waals surface area (Å²) in [5, 5.41) is 0. The number of hydrogen-bond acceptors (Lipinski definition) is 2. The summed E-state index contributed by atoms with van der Waals surface area (Å²) in [5.74, 6) is 0.545. The molecule has 2 nitrogen and oxygen atoms in total. The molecule has 2 aromatic carbocycles. The Morgan fingerprint density at radius 3 is 2.18 bits per heavy atom. The van der Waals surface area contributed by atoms with Gasteiger partial charge >= 0.3 is 0 Å². The highest BCUT2D eigenvalue weighted by atomic mass is 15.2. The minimum absolute atomic E-state index is 0.0193. The number of aryl methyl sites for hydroxylation is 1. The van der Waals surface area contributed by atoms with Crippen LogP contribution in [0.5, 0.6) is 0 Å². The zero-order chi connectivity index (χ0) is 20.6. The molecule has 0 spiro atoms. The summed E-state index contributed by atoms with van der Waals surface area (Å²) in [6.07, 6.45) is 4.39. The van der Waals surface area contributed by atoms with E-state index in [2.05, 4.69) is 103 Å².